The van der Waals surface area contributed by atoms with Gasteiger partial charge in [-0.1, -0.05) is 33.4 Å². The highest BCUT2D eigenvalue weighted by molar-refractivity contribution is 5.75. The fraction of sp³-hybridized carbons (Fsp3) is 0.526. The Hall–Kier alpha value is -1.81. The number of hydrogen-bond donors (Lipinski definition) is 0. The fourth-order valence-electron chi connectivity index (χ4n) is 3.15. The molecule has 124 valence electrons. The van der Waals surface area contributed by atoms with Crippen molar-refractivity contribution in [3.05, 3.63) is 36.4 Å². The summed E-state index contributed by atoms with van der Waals surface area (Å²) in [6, 6.07) is 7.11. The van der Waals surface area contributed by atoms with Crippen LogP contribution in [0, 0.1) is 0 Å². The van der Waals surface area contributed by atoms with Crippen molar-refractivity contribution in [2.75, 3.05) is 44.7 Å². The van der Waals surface area contributed by atoms with Crippen LogP contribution in [0.15, 0.2) is 35.3 Å². The van der Waals surface area contributed by atoms with Gasteiger partial charge in [-0.2, -0.15) is 4.98 Å². The molecule has 0 atom stereocenters. The summed E-state index contributed by atoms with van der Waals surface area (Å²) >= 11 is 0. The Morgan fingerprint density at radius 3 is 2.61 bits per heavy atom. The predicted octanol–water partition coefficient (Wildman–Crippen LogP) is 3.58. The van der Waals surface area contributed by atoms with Gasteiger partial charge in [0.05, 0.1) is 39.8 Å². The van der Waals surface area contributed by atoms with E-state index in [1.807, 2.05) is 12.1 Å². The zero-order chi connectivity index (χ0) is 16.7. The summed E-state index contributed by atoms with van der Waals surface area (Å²) in [5.41, 5.74) is 3.25. The zero-order valence-corrected chi connectivity index (χ0v) is 14.8. The van der Waals surface area contributed by atoms with Crippen LogP contribution in [0.3, 0.4) is 0 Å². The maximum absolute atomic E-state index is 5.99. The van der Waals surface area contributed by atoms with Gasteiger partial charge in [0.25, 0.3) is 6.01 Å². The van der Waals surface area contributed by atoms with E-state index in [4.69, 9.17) is 9.40 Å². The summed E-state index contributed by atoms with van der Waals surface area (Å²) in [7, 11) is 2.29. The third-order valence-corrected chi connectivity index (χ3v) is 4.90. The summed E-state index contributed by atoms with van der Waals surface area (Å²) in [5, 5.41) is 0. The molecule has 1 aliphatic rings. The average Bonchev–Trinajstić information content (AvgIpc) is 2.90. The van der Waals surface area contributed by atoms with E-state index in [9.17, 15) is 0 Å². The maximum Gasteiger partial charge on any atom is 0.298 e. The van der Waals surface area contributed by atoms with Gasteiger partial charge in [-0.05, 0) is 29.2 Å². The van der Waals surface area contributed by atoms with E-state index in [0.717, 1.165) is 54.3 Å². The molecule has 4 nitrogen and oxygen atoms in total. The van der Waals surface area contributed by atoms with Gasteiger partial charge in [-0.25, -0.2) is 0 Å². The predicted molar refractivity (Wildman–Crippen MR) is 95.9 cm³/mol. The lowest BCUT2D eigenvalue weighted by Gasteiger charge is -2.40. The van der Waals surface area contributed by atoms with Gasteiger partial charge < -0.3 is 13.8 Å². The summed E-state index contributed by atoms with van der Waals surface area (Å²) in [6.45, 7) is 15.7. The molecule has 1 fully saturated rings. The maximum atomic E-state index is 5.99. The molecule has 2 aromatic rings. The van der Waals surface area contributed by atoms with Crippen LogP contribution in [-0.4, -0.2) is 49.2 Å². The average molecular weight is 314 g/mol. The number of benzene rings is 1. The van der Waals surface area contributed by atoms with Crippen molar-refractivity contribution in [1.82, 2.24) is 4.98 Å². The molecule has 0 N–H and O–H groups in total. The second-order valence-electron chi connectivity index (χ2n) is 7.95. The molecule has 0 saturated carbocycles. The molecular weight excluding hydrogens is 286 g/mol. The lowest BCUT2D eigenvalue weighted by Crippen LogP contribution is -2.57. The first kappa shape index (κ1) is 16.1. The lowest BCUT2D eigenvalue weighted by atomic mass is 9.87. The van der Waals surface area contributed by atoms with E-state index in [1.54, 1.807) is 0 Å². The van der Waals surface area contributed by atoms with E-state index in [1.165, 1.54) is 5.56 Å². The molecule has 23 heavy (non-hydrogen) atoms. The Labute approximate surface area is 139 Å². The molecule has 1 aromatic heterocycles. The highest BCUT2D eigenvalue weighted by atomic mass is 16.4. The summed E-state index contributed by atoms with van der Waals surface area (Å²) < 4.78 is 7.04. The number of rotatable bonds is 3. The minimum Gasteiger partial charge on any atom is -0.423 e. The second kappa shape index (κ2) is 5.68. The van der Waals surface area contributed by atoms with E-state index >= 15 is 0 Å². The van der Waals surface area contributed by atoms with E-state index in [2.05, 4.69) is 51.4 Å². The van der Waals surface area contributed by atoms with Gasteiger partial charge in [-0.3, -0.25) is 0 Å². The van der Waals surface area contributed by atoms with Crippen molar-refractivity contribution < 1.29 is 8.90 Å². The molecular formula is C19H28N3O+. The van der Waals surface area contributed by atoms with Gasteiger partial charge in [0.1, 0.15) is 5.52 Å². The Balaban J connectivity index is 1.80. The smallest absolute Gasteiger partial charge is 0.298 e. The molecule has 0 amide bonds. The fourth-order valence-corrected chi connectivity index (χ4v) is 3.15. The van der Waals surface area contributed by atoms with Gasteiger partial charge in [0.15, 0.2) is 5.58 Å². The Kier molecular flexibility index (Phi) is 3.96. The molecule has 2 heterocycles. The van der Waals surface area contributed by atoms with Gasteiger partial charge >= 0.3 is 0 Å². The van der Waals surface area contributed by atoms with Crippen molar-refractivity contribution in [2.45, 2.75) is 26.2 Å². The van der Waals surface area contributed by atoms with E-state index < -0.39 is 0 Å². The standard InChI is InChI=1S/C19H28N3O/c1-6-11-22(5)12-9-21(10-13-22)18-20-16-14-15(19(2,3)4)7-8-17(16)23-18/h6-8,14H,1,9-13H2,2-5H3/q+1. The monoisotopic (exact) mass is 314 g/mol. The normalized spacial score (nSPS) is 18.3. The highest BCUT2D eigenvalue weighted by Crippen LogP contribution is 2.29. The number of fused-ring (bicyclic) bond motifs is 1. The number of aromatic nitrogens is 1. The Morgan fingerprint density at radius 1 is 1.30 bits per heavy atom. The molecule has 0 spiro atoms. The Morgan fingerprint density at radius 2 is 2.00 bits per heavy atom. The zero-order valence-electron chi connectivity index (χ0n) is 14.8. The number of piperazine rings is 1. The first-order chi connectivity index (χ1) is 10.8. The minimum atomic E-state index is 0.127. The SMILES string of the molecule is C=CC[N+]1(C)CCN(c2nc3cc(C(C)(C)C)ccc3o2)CC1. The second-order valence-corrected chi connectivity index (χ2v) is 7.95. The van der Waals surface area contributed by atoms with E-state index in [-0.39, 0.29) is 5.41 Å². The summed E-state index contributed by atoms with van der Waals surface area (Å²) in [5.74, 6) is 0. The number of oxazole rings is 1. The van der Waals surface area contributed by atoms with Crippen LogP contribution in [0.5, 0.6) is 0 Å². The molecule has 0 radical (unpaired) electrons. The first-order valence-corrected chi connectivity index (χ1v) is 8.41. The molecule has 1 aliphatic heterocycles. The van der Waals surface area contributed by atoms with Crippen LogP contribution >= 0.6 is 0 Å². The molecule has 1 saturated heterocycles. The molecule has 0 aliphatic carbocycles. The summed E-state index contributed by atoms with van der Waals surface area (Å²) in [6.07, 6.45) is 2.02. The van der Waals surface area contributed by atoms with Gasteiger partial charge in [-0.15, -0.1) is 0 Å². The van der Waals surface area contributed by atoms with Crippen LogP contribution in [-0.2, 0) is 5.41 Å². The number of anilines is 1. The lowest BCUT2D eigenvalue weighted by molar-refractivity contribution is -0.904. The van der Waals surface area contributed by atoms with Crippen molar-refractivity contribution in [2.24, 2.45) is 0 Å². The van der Waals surface area contributed by atoms with Crippen molar-refractivity contribution in [3.8, 4) is 0 Å². The largest absolute Gasteiger partial charge is 0.423 e. The first-order valence-electron chi connectivity index (χ1n) is 8.41. The van der Waals surface area contributed by atoms with Gasteiger partial charge in [0.2, 0.25) is 0 Å². The molecule has 1 aromatic carbocycles. The molecule has 0 unspecified atom stereocenters. The Bertz CT molecular complexity index is 703. The third kappa shape index (κ3) is 3.27. The van der Waals surface area contributed by atoms with Crippen molar-refractivity contribution in [3.63, 3.8) is 0 Å². The summed E-state index contributed by atoms with van der Waals surface area (Å²) in [4.78, 5) is 7.00. The molecule has 4 heteroatoms. The van der Waals surface area contributed by atoms with Crippen molar-refractivity contribution >= 4 is 17.1 Å². The third-order valence-electron chi connectivity index (χ3n) is 4.90. The highest BCUT2D eigenvalue weighted by Gasteiger charge is 2.29. The number of quaternary nitrogens is 1. The van der Waals surface area contributed by atoms with E-state index in [0.29, 0.717) is 0 Å². The topological polar surface area (TPSA) is 29.3 Å². The van der Waals surface area contributed by atoms with Crippen LogP contribution in [0.1, 0.15) is 26.3 Å². The molecule has 3 rings (SSSR count). The number of likely N-dealkylation sites (N-methyl/N-ethyl adjacent to an activating group) is 1. The minimum absolute atomic E-state index is 0.127. The van der Waals surface area contributed by atoms with Crippen LogP contribution < -0.4 is 4.90 Å². The van der Waals surface area contributed by atoms with Crippen LogP contribution in [0.25, 0.3) is 11.1 Å². The van der Waals surface area contributed by atoms with Crippen LogP contribution in [0.2, 0.25) is 0 Å². The quantitative estimate of drug-likeness (QED) is 0.640. The molecule has 0 bridgehead atoms. The number of hydrogen-bond acceptors (Lipinski definition) is 3. The van der Waals surface area contributed by atoms with Crippen LogP contribution in [0.4, 0.5) is 6.01 Å². The number of nitrogens with zero attached hydrogens (tertiary/aromatic N) is 3. The van der Waals surface area contributed by atoms with Gasteiger partial charge in [0, 0.05) is 0 Å². The van der Waals surface area contributed by atoms with Crippen molar-refractivity contribution in [1.29, 1.82) is 0 Å².